The molecular weight excluding hydrogens is 627 g/mol. The number of nitrogens with zero attached hydrogens (tertiary/aromatic N) is 3. The summed E-state index contributed by atoms with van der Waals surface area (Å²) in [5.41, 5.74) is 12.4. The number of fused-ring (bicyclic) bond motifs is 6. The maximum atomic E-state index is 5.18. The Bertz CT molecular complexity index is 2840. The van der Waals surface area contributed by atoms with Gasteiger partial charge in [-0.3, -0.25) is 0 Å². The van der Waals surface area contributed by atoms with E-state index in [-0.39, 0.29) is 0 Å². The lowest BCUT2D eigenvalue weighted by atomic mass is 9.98. The summed E-state index contributed by atoms with van der Waals surface area (Å²) < 4.78 is 4.69. The summed E-state index contributed by atoms with van der Waals surface area (Å²) in [6, 6.07) is 62.6. The fraction of sp³-hybridized carbons (Fsp3) is 0. The minimum absolute atomic E-state index is 0.745. The first-order chi connectivity index (χ1) is 24.8. The lowest BCUT2D eigenvalue weighted by Crippen LogP contribution is -1.93. The van der Waals surface area contributed by atoms with Crippen LogP contribution in [-0.4, -0.2) is 14.5 Å². The van der Waals surface area contributed by atoms with Crippen LogP contribution in [0.4, 0.5) is 0 Å². The van der Waals surface area contributed by atoms with E-state index < -0.39 is 0 Å². The van der Waals surface area contributed by atoms with Crippen LogP contribution in [0.3, 0.4) is 0 Å². The number of benzene rings is 7. The van der Waals surface area contributed by atoms with Gasteiger partial charge in [-0.15, -0.1) is 11.3 Å². The third kappa shape index (κ3) is 4.73. The standard InChI is InChI=1S/C46H29N3S/c1-4-12-32(13-5-1)43-45-44(48-46(47-43)33-14-6-2-7-15-33)39-28-34(25-27-42(39)50-45)30-20-22-31(23-21-30)35-24-26-38-37-18-10-11-19-40(37)49(41(38)29-35)36-16-8-3-9-17-36/h1-29H. The molecular formula is C46H29N3S. The molecule has 0 N–H and O–H groups in total. The van der Waals surface area contributed by atoms with Gasteiger partial charge in [-0.1, -0.05) is 140 Å². The number of aromatic nitrogens is 3. The minimum atomic E-state index is 0.745. The number of rotatable bonds is 5. The molecule has 0 radical (unpaired) electrons. The van der Waals surface area contributed by atoms with Gasteiger partial charge >= 0.3 is 0 Å². The number of thiophene rings is 1. The van der Waals surface area contributed by atoms with Crippen LogP contribution >= 0.6 is 11.3 Å². The highest BCUT2D eigenvalue weighted by atomic mass is 32.1. The van der Waals surface area contributed by atoms with Gasteiger partial charge in [0.25, 0.3) is 0 Å². The molecule has 0 saturated heterocycles. The third-order valence-corrected chi connectivity index (χ3v) is 10.8. The van der Waals surface area contributed by atoms with Gasteiger partial charge in [0.2, 0.25) is 0 Å². The van der Waals surface area contributed by atoms with E-state index in [4.69, 9.17) is 9.97 Å². The highest BCUT2D eigenvalue weighted by Crippen LogP contribution is 2.41. The van der Waals surface area contributed by atoms with Gasteiger partial charge in [0.15, 0.2) is 5.82 Å². The van der Waals surface area contributed by atoms with Crippen molar-refractivity contribution in [1.29, 1.82) is 0 Å². The molecule has 10 aromatic rings. The molecule has 7 aromatic carbocycles. The Morgan fingerprint density at radius 2 is 0.980 bits per heavy atom. The molecule has 3 nitrogen and oxygen atoms in total. The van der Waals surface area contributed by atoms with Crippen molar-refractivity contribution >= 4 is 53.4 Å². The van der Waals surface area contributed by atoms with Crippen molar-refractivity contribution in [2.45, 2.75) is 0 Å². The summed E-state index contributed by atoms with van der Waals surface area (Å²) >= 11 is 1.77. The van der Waals surface area contributed by atoms with Gasteiger partial charge in [-0.05, 0) is 58.7 Å². The van der Waals surface area contributed by atoms with Crippen molar-refractivity contribution in [3.8, 4) is 50.6 Å². The van der Waals surface area contributed by atoms with E-state index in [1.165, 1.54) is 54.4 Å². The zero-order chi connectivity index (χ0) is 33.0. The predicted octanol–water partition coefficient (Wildman–Crippen LogP) is 12.6. The molecule has 0 amide bonds. The Kier molecular flexibility index (Phi) is 6.68. The topological polar surface area (TPSA) is 30.7 Å². The molecule has 50 heavy (non-hydrogen) atoms. The molecule has 0 saturated carbocycles. The van der Waals surface area contributed by atoms with Crippen molar-refractivity contribution in [3.05, 3.63) is 176 Å². The molecule has 0 aliphatic carbocycles. The lowest BCUT2D eigenvalue weighted by Gasteiger charge is -2.09. The second-order valence-electron chi connectivity index (χ2n) is 12.6. The van der Waals surface area contributed by atoms with Crippen molar-refractivity contribution in [3.63, 3.8) is 0 Å². The van der Waals surface area contributed by atoms with Crippen LogP contribution in [0, 0.1) is 0 Å². The predicted molar refractivity (Wildman–Crippen MR) is 211 cm³/mol. The molecule has 0 unspecified atom stereocenters. The van der Waals surface area contributed by atoms with Gasteiger partial charge in [0.1, 0.15) is 0 Å². The summed E-state index contributed by atoms with van der Waals surface area (Å²) in [6.45, 7) is 0. The van der Waals surface area contributed by atoms with Gasteiger partial charge in [0.05, 0.1) is 26.9 Å². The van der Waals surface area contributed by atoms with E-state index in [0.717, 1.165) is 38.2 Å². The summed E-state index contributed by atoms with van der Waals surface area (Å²) in [4.78, 5) is 10.3. The van der Waals surface area contributed by atoms with Crippen LogP contribution in [0.25, 0.3) is 92.7 Å². The van der Waals surface area contributed by atoms with E-state index in [9.17, 15) is 0 Å². The van der Waals surface area contributed by atoms with Gasteiger partial charge in [-0.25, -0.2) is 9.97 Å². The molecule has 0 aliphatic heterocycles. The average Bonchev–Trinajstić information content (AvgIpc) is 3.73. The van der Waals surface area contributed by atoms with Crippen molar-refractivity contribution in [2.24, 2.45) is 0 Å². The molecule has 0 bridgehead atoms. The molecule has 3 heterocycles. The second-order valence-corrected chi connectivity index (χ2v) is 13.7. The van der Waals surface area contributed by atoms with Gasteiger partial charge in [0, 0.05) is 37.7 Å². The molecule has 0 atom stereocenters. The normalized spacial score (nSPS) is 11.6. The fourth-order valence-electron chi connectivity index (χ4n) is 7.19. The SMILES string of the molecule is c1ccc(-c2nc(-c3ccccc3)c3sc4ccc(-c5ccc(-c6ccc7c8ccccc8n(-c8ccccc8)c7c6)cc5)cc4c3n2)cc1. The van der Waals surface area contributed by atoms with E-state index in [1.807, 2.05) is 24.3 Å². The summed E-state index contributed by atoms with van der Waals surface area (Å²) in [5.74, 6) is 0.745. The van der Waals surface area contributed by atoms with E-state index >= 15 is 0 Å². The molecule has 3 aromatic heterocycles. The first-order valence-electron chi connectivity index (χ1n) is 16.8. The van der Waals surface area contributed by atoms with Crippen molar-refractivity contribution in [2.75, 3.05) is 0 Å². The quantitative estimate of drug-likeness (QED) is 0.185. The van der Waals surface area contributed by atoms with Crippen LogP contribution in [0.1, 0.15) is 0 Å². The minimum Gasteiger partial charge on any atom is -0.309 e. The van der Waals surface area contributed by atoms with Crippen molar-refractivity contribution in [1.82, 2.24) is 14.5 Å². The zero-order valence-corrected chi connectivity index (χ0v) is 27.8. The Morgan fingerprint density at radius 1 is 0.400 bits per heavy atom. The highest BCUT2D eigenvalue weighted by Gasteiger charge is 2.18. The maximum Gasteiger partial charge on any atom is 0.160 e. The number of para-hydroxylation sites is 2. The molecule has 0 fully saturated rings. The van der Waals surface area contributed by atoms with Gasteiger partial charge in [-0.2, -0.15) is 0 Å². The Balaban J connectivity index is 1.07. The van der Waals surface area contributed by atoms with Crippen LogP contribution < -0.4 is 0 Å². The summed E-state index contributed by atoms with van der Waals surface area (Å²) in [5, 5.41) is 3.68. The maximum absolute atomic E-state index is 5.18. The Hall–Kier alpha value is -6.36. The highest BCUT2D eigenvalue weighted by molar-refractivity contribution is 7.26. The molecule has 10 rings (SSSR count). The molecule has 4 heteroatoms. The number of hydrogen-bond acceptors (Lipinski definition) is 3. The van der Waals surface area contributed by atoms with Crippen LogP contribution in [-0.2, 0) is 0 Å². The first kappa shape index (κ1) is 28.6. The zero-order valence-electron chi connectivity index (χ0n) is 27.0. The smallest absolute Gasteiger partial charge is 0.160 e. The second kappa shape index (κ2) is 11.7. The summed E-state index contributed by atoms with van der Waals surface area (Å²) in [6.07, 6.45) is 0. The lowest BCUT2D eigenvalue weighted by molar-refractivity contribution is 1.18. The van der Waals surface area contributed by atoms with Crippen molar-refractivity contribution < 1.29 is 0 Å². The Morgan fingerprint density at radius 3 is 1.72 bits per heavy atom. The van der Waals surface area contributed by atoms with E-state index in [1.54, 1.807) is 11.3 Å². The first-order valence-corrected chi connectivity index (χ1v) is 17.6. The van der Waals surface area contributed by atoms with E-state index in [0.29, 0.717) is 0 Å². The van der Waals surface area contributed by atoms with Crippen LogP contribution in [0.15, 0.2) is 176 Å². The molecule has 0 spiro atoms. The third-order valence-electron chi connectivity index (χ3n) is 9.63. The molecule has 0 aliphatic rings. The summed E-state index contributed by atoms with van der Waals surface area (Å²) in [7, 11) is 0. The monoisotopic (exact) mass is 655 g/mol. The van der Waals surface area contributed by atoms with Crippen LogP contribution in [0.2, 0.25) is 0 Å². The van der Waals surface area contributed by atoms with Gasteiger partial charge < -0.3 is 4.57 Å². The number of hydrogen-bond donors (Lipinski definition) is 0. The Labute approximate surface area is 293 Å². The average molecular weight is 656 g/mol. The fourth-order valence-corrected chi connectivity index (χ4v) is 8.33. The largest absolute Gasteiger partial charge is 0.309 e. The van der Waals surface area contributed by atoms with Crippen LogP contribution in [0.5, 0.6) is 0 Å². The molecule has 234 valence electrons. The van der Waals surface area contributed by atoms with E-state index in [2.05, 4.69) is 156 Å².